The van der Waals surface area contributed by atoms with Gasteiger partial charge in [0, 0.05) is 34.9 Å². The summed E-state index contributed by atoms with van der Waals surface area (Å²) in [5.41, 5.74) is 2.75. The highest BCUT2D eigenvalue weighted by Crippen LogP contribution is 2.32. The topological polar surface area (TPSA) is 51.6 Å². The van der Waals surface area contributed by atoms with Crippen molar-refractivity contribution in [3.63, 3.8) is 0 Å². The number of benzene rings is 1. The van der Waals surface area contributed by atoms with Crippen molar-refractivity contribution >= 4 is 42.8 Å². The van der Waals surface area contributed by atoms with Crippen LogP contribution in [0.2, 0.25) is 0 Å². The number of hydrogen-bond donors (Lipinski definition) is 0. The van der Waals surface area contributed by atoms with Gasteiger partial charge in [0.2, 0.25) is 0 Å². The van der Waals surface area contributed by atoms with Gasteiger partial charge in [-0.15, -0.1) is 11.3 Å². The van der Waals surface area contributed by atoms with Crippen molar-refractivity contribution in [2.24, 2.45) is 0 Å². The average molecular weight is 238 g/mol. The maximum atomic E-state index is 4.38. The summed E-state index contributed by atoms with van der Waals surface area (Å²) in [6.07, 6.45) is 6.84. The smallest absolute Gasteiger partial charge is 0.143 e. The van der Waals surface area contributed by atoms with Gasteiger partial charge in [-0.2, -0.15) is 0 Å². The Hall–Kier alpha value is -2.14. The van der Waals surface area contributed by atoms with Gasteiger partial charge < -0.3 is 0 Å². The lowest BCUT2D eigenvalue weighted by Gasteiger charge is -1.95. The van der Waals surface area contributed by atoms with Crippen LogP contribution in [0.1, 0.15) is 0 Å². The average Bonchev–Trinajstić information content (AvgIpc) is 2.73. The van der Waals surface area contributed by atoms with E-state index in [-0.39, 0.29) is 0 Å². The van der Waals surface area contributed by atoms with Crippen molar-refractivity contribution in [2.75, 3.05) is 0 Å². The predicted molar refractivity (Wildman–Crippen MR) is 68.0 cm³/mol. The molecule has 0 radical (unpaired) electrons. The zero-order chi connectivity index (χ0) is 11.2. The molecular weight excluding hydrogens is 232 g/mol. The van der Waals surface area contributed by atoms with Crippen molar-refractivity contribution in [3.05, 3.63) is 36.9 Å². The number of rotatable bonds is 0. The fourth-order valence-corrected chi connectivity index (χ4v) is 2.97. The molecule has 0 unspecified atom stereocenters. The standard InChI is InChI=1S/C12H6N4S/c1-2-14-9-6-10-7(5-8(9)13-1)11-12(17-10)16-4-3-15-11/h1-6H. The van der Waals surface area contributed by atoms with Gasteiger partial charge in [0.15, 0.2) is 0 Å². The molecule has 0 aliphatic carbocycles. The van der Waals surface area contributed by atoms with Crippen LogP contribution in [-0.4, -0.2) is 19.9 Å². The van der Waals surface area contributed by atoms with E-state index < -0.39 is 0 Å². The van der Waals surface area contributed by atoms with Gasteiger partial charge in [-0.3, -0.25) is 15.0 Å². The Bertz CT molecular complexity index is 847. The molecule has 0 atom stereocenters. The summed E-state index contributed by atoms with van der Waals surface area (Å²) in [7, 11) is 0. The normalized spacial score (nSPS) is 11.5. The van der Waals surface area contributed by atoms with E-state index in [2.05, 4.69) is 19.9 Å². The van der Waals surface area contributed by atoms with Crippen LogP contribution in [0, 0.1) is 0 Å². The van der Waals surface area contributed by atoms with E-state index in [1.807, 2.05) is 12.1 Å². The first-order chi connectivity index (χ1) is 8.42. The minimum atomic E-state index is 0.894. The van der Waals surface area contributed by atoms with Gasteiger partial charge in [-0.1, -0.05) is 0 Å². The molecule has 1 aromatic carbocycles. The monoisotopic (exact) mass is 238 g/mol. The summed E-state index contributed by atoms with van der Waals surface area (Å²) in [4.78, 5) is 18.3. The lowest BCUT2D eigenvalue weighted by molar-refractivity contribution is 1.30. The summed E-state index contributed by atoms with van der Waals surface area (Å²) in [6, 6.07) is 4.08. The van der Waals surface area contributed by atoms with E-state index in [4.69, 9.17) is 0 Å². The summed E-state index contributed by atoms with van der Waals surface area (Å²) in [5, 5.41) is 1.10. The molecule has 4 rings (SSSR count). The van der Waals surface area contributed by atoms with Crippen LogP contribution in [0.3, 0.4) is 0 Å². The van der Waals surface area contributed by atoms with Crippen LogP contribution in [0.4, 0.5) is 0 Å². The fraction of sp³-hybridized carbons (Fsp3) is 0. The molecule has 0 amide bonds. The second-order valence-corrected chi connectivity index (χ2v) is 4.74. The maximum Gasteiger partial charge on any atom is 0.143 e. The third-order valence-corrected chi connectivity index (χ3v) is 3.75. The van der Waals surface area contributed by atoms with Crippen molar-refractivity contribution in [2.45, 2.75) is 0 Å². The minimum Gasteiger partial charge on any atom is -0.253 e. The SMILES string of the molecule is c1cnc2cc3c(cc2n1)sc1nccnc13. The van der Waals surface area contributed by atoms with Gasteiger partial charge in [0.1, 0.15) is 10.3 Å². The number of fused-ring (bicyclic) bond motifs is 4. The zero-order valence-corrected chi connectivity index (χ0v) is 9.48. The zero-order valence-electron chi connectivity index (χ0n) is 8.66. The number of hydrogen-bond acceptors (Lipinski definition) is 5. The van der Waals surface area contributed by atoms with E-state index in [1.165, 1.54) is 0 Å². The summed E-state index contributed by atoms with van der Waals surface area (Å²) in [6.45, 7) is 0. The van der Waals surface area contributed by atoms with Gasteiger partial charge in [0.05, 0.1) is 11.0 Å². The van der Waals surface area contributed by atoms with Crippen LogP contribution in [0.15, 0.2) is 36.9 Å². The molecule has 80 valence electrons. The van der Waals surface area contributed by atoms with E-state index in [0.717, 1.165) is 31.5 Å². The van der Waals surface area contributed by atoms with Crippen LogP contribution in [-0.2, 0) is 0 Å². The summed E-state index contributed by atoms with van der Waals surface area (Å²) >= 11 is 1.64. The largest absolute Gasteiger partial charge is 0.253 e. The van der Waals surface area contributed by atoms with Crippen molar-refractivity contribution in [1.29, 1.82) is 0 Å². The number of nitrogens with zero attached hydrogens (tertiary/aromatic N) is 4. The maximum absolute atomic E-state index is 4.38. The molecule has 0 bridgehead atoms. The minimum absolute atomic E-state index is 0.894. The van der Waals surface area contributed by atoms with Gasteiger partial charge in [-0.05, 0) is 12.1 Å². The lowest BCUT2D eigenvalue weighted by Crippen LogP contribution is -1.81. The lowest BCUT2D eigenvalue weighted by atomic mass is 10.2. The van der Waals surface area contributed by atoms with E-state index in [0.29, 0.717) is 0 Å². The number of aromatic nitrogens is 4. The van der Waals surface area contributed by atoms with Crippen LogP contribution in [0.5, 0.6) is 0 Å². The summed E-state index contributed by atoms with van der Waals surface area (Å²) in [5.74, 6) is 0. The van der Waals surface area contributed by atoms with Gasteiger partial charge >= 0.3 is 0 Å². The number of thiophene rings is 1. The van der Waals surface area contributed by atoms with E-state index >= 15 is 0 Å². The Balaban J connectivity index is 2.28. The highest BCUT2D eigenvalue weighted by molar-refractivity contribution is 7.25. The molecule has 5 heteroatoms. The predicted octanol–water partition coefficient (Wildman–Crippen LogP) is 2.79. The second-order valence-electron chi connectivity index (χ2n) is 3.71. The van der Waals surface area contributed by atoms with E-state index in [1.54, 1.807) is 36.1 Å². The Morgan fingerprint density at radius 2 is 1.47 bits per heavy atom. The third kappa shape index (κ3) is 1.23. The first kappa shape index (κ1) is 8.95. The third-order valence-electron chi connectivity index (χ3n) is 2.70. The molecule has 0 N–H and O–H groups in total. The molecule has 4 nitrogen and oxygen atoms in total. The Morgan fingerprint density at radius 3 is 2.35 bits per heavy atom. The molecular formula is C12H6N4S. The quantitative estimate of drug-likeness (QED) is 0.472. The highest BCUT2D eigenvalue weighted by atomic mass is 32.1. The molecule has 17 heavy (non-hydrogen) atoms. The molecule has 0 aliphatic rings. The molecule has 0 spiro atoms. The molecule has 4 aromatic rings. The van der Waals surface area contributed by atoms with Gasteiger partial charge in [0.25, 0.3) is 0 Å². The van der Waals surface area contributed by atoms with E-state index in [9.17, 15) is 0 Å². The van der Waals surface area contributed by atoms with Crippen LogP contribution < -0.4 is 0 Å². The van der Waals surface area contributed by atoms with Crippen molar-refractivity contribution in [1.82, 2.24) is 19.9 Å². The van der Waals surface area contributed by atoms with Crippen LogP contribution in [0.25, 0.3) is 31.5 Å². The molecule has 0 aliphatic heterocycles. The molecule has 3 aromatic heterocycles. The first-order valence-corrected chi connectivity index (χ1v) is 5.97. The molecule has 0 saturated heterocycles. The second kappa shape index (κ2) is 3.18. The Labute approximate surface area is 100.0 Å². The van der Waals surface area contributed by atoms with Crippen molar-refractivity contribution < 1.29 is 0 Å². The molecule has 3 heterocycles. The van der Waals surface area contributed by atoms with Gasteiger partial charge in [-0.25, -0.2) is 4.98 Å². The Morgan fingerprint density at radius 1 is 0.765 bits per heavy atom. The fourth-order valence-electron chi connectivity index (χ4n) is 1.95. The summed E-state index contributed by atoms with van der Waals surface area (Å²) < 4.78 is 1.15. The van der Waals surface area contributed by atoms with Crippen LogP contribution >= 0.6 is 11.3 Å². The Kier molecular flexibility index (Phi) is 1.67. The molecule has 0 saturated carbocycles. The molecule has 0 fully saturated rings. The highest BCUT2D eigenvalue weighted by Gasteiger charge is 2.08. The first-order valence-electron chi connectivity index (χ1n) is 5.16. The van der Waals surface area contributed by atoms with Crippen molar-refractivity contribution in [3.8, 4) is 0 Å².